The van der Waals surface area contributed by atoms with Crippen LogP contribution in [0.1, 0.15) is 39.5 Å². The molecule has 21 heavy (non-hydrogen) atoms. The molecule has 1 aromatic rings. The Bertz CT molecular complexity index is 438. The average molecular weight is 347 g/mol. The number of carbonyl (C=O) groups excluding carboxylic acids is 1. The van der Waals surface area contributed by atoms with Gasteiger partial charge in [0.15, 0.2) is 8.68 Å². The molecule has 7 heteroatoms. The molecule has 0 spiro atoms. The Labute approximate surface area is 139 Å². The molecule has 1 heterocycles. The van der Waals surface area contributed by atoms with Crippen LogP contribution in [0, 0.1) is 0 Å². The zero-order valence-electron chi connectivity index (χ0n) is 12.5. The summed E-state index contributed by atoms with van der Waals surface area (Å²) in [6.45, 7) is 7.61. The van der Waals surface area contributed by atoms with E-state index in [4.69, 9.17) is 4.74 Å². The maximum atomic E-state index is 11.2. The Morgan fingerprint density at radius 2 is 2.05 bits per heavy atom. The summed E-state index contributed by atoms with van der Waals surface area (Å²) in [6.07, 6.45) is 5.59. The molecule has 0 saturated carbocycles. The van der Waals surface area contributed by atoms with E-state index in [-0.39, 0.29) is 12.1 Å². The molecule has 0 aliphatic carbocycles. The van der Waals surface area contributed by atoms with Crippen molar-refractivity contribution in [3.63, 3.8) is 0 Å². The molecular formula is C14H22N2O2S3. The molecule has 1 atom stereocenters. The van der Waals surface area contributed by atoms with Gasteiger partial charge in [0.25, 0.3) is 0 Å². The van der Waals surface area contributed by atoms with Gasteiger partial charge in [-0.3, -0.25) is 0 Å². The molecule has 0 radical (unpaired) electrons. The molecule has 118 valence electrons. The molecule has 4 nitrogen and oxygen atoms in total. The summed E-state index contributed by atoms with van der Waals surface area (Å²) < 4.78 is 7.19. The minimum atomic E-state index is -0.369. The number of carbonyl (C=O) groups is 1. The van der Waals surface area contributed by atoms with Crippen LogP contribution >= 0.6 is 34.9 Å². The first kappa shape index (κ1) is 18.5. The second-order valence-corrected chi connectivity index (χ2v) is 7.96. The maximum Gasteiger partial charge on any atom is 0.330 e. The number of hydrogen-bond donors (Lipinski definition) is 0. The van der Waals surface area contributed by atoms with E-state index in [9.17, 15) is 4.79 Å². The van der Waals surface area contributed by atoms with E-state index >= 15 is 0 Å². The highest BCUT2D eigenvalue weighted by molar-refractivity contribution is 8.03. The number of hydrogen-bond acceptors (Lipinski definition) is 7. The first-order valence-corrected chi connectivity index (χ1v) is 9.90. The van der Waals surface area contributed by atoms with Gasteiger partial charge in [-0.15, -0.1) is 10.2 Å². The number of rotatable bonds is 11. The van der Waals surface area contributed by atoms with Gasteiger partial charge in [-0.1, -0.05) is 68.1 Å². The highest BCUT2D eigenvalue weighted by Crippen LogP contribution is 2.30. The van der Waals surface area contributed by atoms with E-state index in [0.29, 0.717) is 5.75 Å². The van der Waals surface area contributed by atoms with Crippen molar-refractivity contribution in [2.24, 2.45) is 0 Å². The molecule has 0 fully saturated rings. The zero-order valence-corrected chi connectivity index (χ0v) is 15.0. The van der Waals surface area contributed by atoms with Crippen LogP contribution in [0.2, 0.25) is 0 Å². The third-order valence-electron chi connectivity index (χ3n) is 2.66. The second-order valence-electron chi connectivity index (χ2n) is 4.37. The van der Waals surface area contributed by atoms with Crippen molar-refractivity contribution in [1.29, 1.82) is 0 Å². The molecule has 1 aromatic heterocycles. The van der Waals surface area contributed by atoms with Crippen LogP contribution in [-0.4, -0.2) is 33.8 Å². The van der Waals surface area contributed by atoms with Crippen LogP contribution in [-0.2, 0) is 9.53 Å². The van der Waals surface area contributed by atoms with Crippen molar-refractivity contribution in [2.75, 3.05) is 11.5 Å². The standard InChI is InChI=1S/C14H22N2O2S3/c1-4-7-8-9-19-13-15-16-14(21-13)20-10-11(5-2)18-12(17)6-3/h6,11H,3-5,7-10H2,1-2H3. The molecule has 0 aliphatic heterocycles. The van der Waals surface area contributed by atoms with Crippen molar-refractivity contribution in [3.05, 3.63) is 12.7 Å². The minimum absolute atomic E-state index is 0.106. The van der Waals surface area contributed by atoms with Gasteiger partial charge in [-0.25, -0.2) is 4.79 Å². The Kier molecular flexibility index (Phi) is 9.78. The van der Waals surface area contributed by atoms with Gasteiger partial charge in [0.05, 0.1) is 0 Å². The molecule has 0 bridgehead atoms. The molecule has 1 unspecified atom stereocenters. The number of aromatic nitrogens is 2. The van der Waals surface area contributed by atoms with Crippen molar-refractivity contribution in [1.82, 2.24) is 10.2 Å². The number of esters is 1. The molecule has 0 amide bonds. The van der Waals surface area contributed by atoms with E-state index < -0.39 is 0 Å². The monoisotopic (exact) mass is 346 g/mol. The van der Waals surface area contributed by atoms with Crippen LogP contribution in [0.25, 0.3) is 0 Å². The Balaban J connectivity index is 2.32. The lowest BCUT2D eigenvalue weighted by molar-refractivity contribution is -0.141. The fourth-order valence-corrected chi connectivity index (χ4v) is 4.66. The lowest BCUT2D eigenvalue weighted by Crippen LogP contribution is -2.18. The summed E-state index contributed by atoms with van der Waals surface area (Å²) in [6, 6.07) is 0. The summed E-state index contributed by atoms with van der Waals surface area (Å²) in [5.41, 5.74) is 0. The number of thioether (sulfide) groups is 2. The average Bonchev–Trinajstić information content (AvgIpc) is 2.95. The first-order chi connectivity index (χ1) is 10.2. The van der Waals surface area contributed by atoms with Crippen molar-refractivity contribution < 1.29 is 9.53 Å². The van der Waals surface area contributed by atoms with Gasteiger partial charge in [0.2, 0.25) is 0 Å². The fraction of sp³-hybridized carbons (Fsp3) is 0.643. The lowest BCUT2D eigenvalue weighted by Gasteiger charge is -2.13. The summed E-state index contributed by atoms with van der Waals surface area (Å²) >= 11 is 4.97. The lowest BCUT2D eigenvalue weighted by atomic mass is 10.3. The topological polar surface area (TPSA) is 52.1 Å². The highest BCUT2D eigenvalue weighted by atomic mass is 32.2. The Morgan fingerprint density at radius 3 is 2.67 bits per heavy atom. The van der Waals surface area contributed by atoms with Crippen molar-refractivity contribution in [2.45, 2.75) is 54.3 Å². The summed E-state index contributed by atoms with van der Waals surface area (Å²) in [5, 5.41) is 8.35. The van der Waals surface area contributed by atoms with E-state index in [1.165, 1.54) is 25.3 Å². The van der Waals surface area contributed by atoms with Gasteiger partial charge in [-0.05, 0) is 12.8 Å². The molecule has 1 rings (SSSR count). The smallest absolute Gasteiger partial charge is 0.330 e. The quantitative estimate of drug-likeness (QED) is 0.256. The molecule has 0 saturated heterocycles. The van der Waals surface area contributed by atoms with Crippen LogP contribution in [0.5, 0.6) is 0 Å². The van der Waals surface area contributed by atoms with Crippen molar-refractivity contribution in [3.8, 4) is 0 Å². The highest BCUT2D eigenvalue weighted by Gasteiger charge is 2.13. The zero-order chi connectivity index (χ0) is 15.5. The van der Waals surface area contributed by atoms with Crippen LogP contribution in [0.15, 0.2) is 21.3 Å². The predicted molar refractivity (Wildman–Crippen MR) is 91.3 cm³/mol. The molecule has 0 aromatic carbocycles. The van der Waals surface area contributed by atoms with Gasteiger partial charge >= 0.3 is 5.97 Å². The molecule has 0 N–H and O–H groups in total. The SMILES string of the molecule is C=CC(=O)OC(CC)CSc1nnc(SCCCCC)s1. The predicted octanol–water partition coefficient (Wildman–Crippen LogP) is 4.42. The third-order valence-corrected chi connectivity index (χ3v) is 6.07. The normalized spacial score (nSPS) is 12.1. The van der Waals surface area contributed by atoms with Gasteiger partial charge in [-0.2, -0.15) is 0 Å². The van der Waals surface area contributed by atoms with E-state index in [1.807, 2.05) is 6.92 Å². The largest absolute Gasteiger partial charge is 0.458 e. The maximum absolute atomic E-state index is 11.2. The van der Waals surface area contributed by atoms with E-state index in [2.05, 4.69) is 23.7 Å². The number of unbranched alkanes of at least 4 members (excludes halogenated alkanes) is 2. The summed E-state index contributed by atoms with van der Waals surface area (Å²) in [4.78, 5) is 11.2. The molecular weight excluding hydrogens is 324 g/mol. The minimum Gasteiger partial charge on any atom is -0.458 e. The number of nitrogens with zero attached hydrogens (tertiary/aromatic N) is 2. The molecule has 0 aliphatic rings. The van der Waals surface area contributed by atoms with Crippen molar-refractivity contribution >= 4 is 40.8 Å². The Hall–Kier alpha value is -0.530. The second kappa shape index (κ2) is 11.1. The van der Waals surface area contributed by atoms with Crippen LogP contribution < -0.4 is 0 Å². The summed E-state index contributed by atoms with van der Waals surface area (Å²) in [7, 11) is 0. The van der Waals surface area contributed by atoms with Gasteiger partial charge < -0.3 is 4.74 Å². The van der Waals surface area contributed by atoms with E-state index in [1.54, 1.807) is 34.9 Å². The first-order valence-electron chi connectivity index (χ1n) is 7.11. The van der Waals surface area contributed by atoms with E-state index in [0.717, 1.165) is 20.9 Å². The third kappa shape index (κ3) is 7.87. The van der Waals surface area contributed by atoms with Gasteiger partial charge in [0.1, 0.15) is 6.10 Å². The summed E-state index contributed by atoms with van der Waals surface area (Å²) in [5.74, 6) is 1.43. The van der Waals surface area contributed by atoms with Crippen LogP contribution in [0.4, 0.5) is 0 Å². The fourth-order valence-electron chi connectivity index (χ4n) is 1.44. The van der Waals surface area contributed by atoms with Gasteiger partial charge in [0, 0.05) is 17.6 Å². The van der Waals surface area contributed by atoms with Crippen LogP contribution in [0.3, 0.4) is 0 Å². The Morgan fingerprint density at radius 1 is 1.33 bits per heavy atom. The number of ether oxygens (including phenoxy) is 1.